The summed E-state index contributed by atoms with van der Waals surface area (Å²) in [6, 6.07) is 8.12. The first-order chi connectivity index (χ1) is 9.65. The van der Waals surface area contributed by atoms with Gasteiger partial charge in [0.25, 0.3) is 0 Å². The van der Waals surface area contributed by atoms with Crippen LogP contribution in [0.5, 0.6) is 11.5 Å². The molecular weight excluding hydrogens is 274 g/mol. The first-order valence-corrected chi connectivity index (χ1v) is 7.32. The number of nitrogens with one attached hydrogen (secondary N) is 1. The molecule has 2 aromatic rings. The third kappa shape index (κ3) is 2.38. The second-order valence-electron chi connectivity index (χ2n) is 4.94. The smallest absolute Gasteiger partial charge is 0.197 e. The van der Waals surface area contributed by atoms with Gasteiger partial charge in [0, 0.05) is 5.56 Å². The summed E-state index contributed by atoms with van der Waals surface area (Å²) in [7, 11) is 0. The minimum absolute atomic E-state index is 0.0568. The van der Waals surface area contributed by atoms with Gasteiger partial charge in [-0.25, -0.2) is 0 Å². The van der Waals surface area contributed by atoms with Crippen LogP contribution in [0.4, 0.5) is 10.8 Å². The molecule has 5 nitrogen and oxygen atoms in total. The molecule has 0 amide bonds. The summed E-state index contributed by atoms with van der Waals surface area (Å²) in [6.07, 6.45) is 0.0568. The number of nitrogen functional groups attached to an aromatic ring is 1. The van der Waals surface area contributed by atoms with E-state index in [-0.39, 0.29) is 12.1 Å². The summed E-state index contributed by atoms with van der Waals surface area (Å²) in [5, 5.41) is 4.27. The van der Waals surface area contributed by atoms with Gasteiger partial charge in [0.05, 0.1) is 12.1 Å². The lowest BCUT2D eigenvalue weighted by molar-refractivity contribution is 0.245. The number of ether oxygens (including phenoxy) is 2. The Bertz CT molecular complexity index is 612. The highest BCUT2D eigenvalue weighted by atomic mass is 32.1. The van der Waals surface area contributed by atoms with Gasteiger partial charge in [0.1, 0.15) is 12.4 Å². The lowest BCUT2D eigenvalue weighted by Crippen LogP contribution is -2.13. The van der Waals surface area contributed by atoms with Crippen molar-refractivity contribution in [3.8, 4) is 11.5 Å². The van der Waals surface area contributed by atoms with E-state index >= 15 is 0 Å². The highest BCUT2D eigenvalue weighted by Crippen LogP contribution is 2.41. The quantitative estimate of drug-likeness (QED) is 0.906. The van der Waals surface area contributed by atoms with Crippen LogP contribution in [0.1, 0.15) is 25.5 Å². The van der Waals surface area contributed by atoms with Crippen molar-refractivity contribution in [3.63, 3.8) is 0 Å². The summed E-state index contributed by atoms with van der Waals surface area (Å²) in [5.41, 5.74) is 7.01. The van der Waals surface area contributed by atoms with Gasteiger partial charge in [-0.2, -0.15) is 4.37 Å². The second kappa shape index (κ2) is 5.20. The third-order valence-electron chi connectivity index (χ3n) is 3.03. The van der Waals surface area contributed by atoms with Crippen molar-refractivity contribution >= 4 is 22.4 Å². The van der Waals surface area contributed by atoms with Gasteiger partial charge in [-0.05, 0) is 31.4 Å². The monoisotopic (exact) mass is 291 g/mol. The number of rotatable bonds is 4. The van der Waals surface area contributed by atoms with Crippen molar-refractivity contribution in [1.82, 2.24) is 4.37 Å². The molecule has 0 saturated heterocycles. The molecule has 0 radical (unpaired) electrons. The SMILES string of the molecule is CC(C)Oc1c(N)nsc1NC1COc2ccccc21. The van der Waals surface area contributed by atoms with E-state index in [1.165, 1.54) is 11.5 Å². The fraction of sp³-hybridized carbons (Fsp3) is 0.357. The number of hydrogen-bond donors (Lipinski definition) is 2. The molecule has 1 aromatic heterocycles. The van der Waals surface area contributed by atoms with E-state index in [0.717, 1.165) is 16.3 Å². The number of benzene rings is 1. The number of anilines is 2. The van der Waals surface area contributed by atoms with E-state index in [1.54, 1.807) is 0 Å². The Morgan fingerprint density at radius 1 is 1.45 bits per heavy atom. The number of nitrogens with two attached hydrogens (primary N) is 1. The fourth-order valence-electron chi connectivity index (χ4n) is 2.18. The van der Waals surface area contributed by atoms with Crippen LogP contribution in [0.3, 0.4) is 0 Å². The molecule has 3 rings (SSSR count). The highest BCUT2D eigenvalue weighted by molar-refractivity contribution is 7.11. The van der Waals surface area contributed by atoms with Crippen LogP contribution < -0.4 is 20.5 Å². The highest BCUT2D eigenvalue weighted by Gasteiger charge is 2.26. The van der Waals surface area contributed by atoms with Crippen LogP contribution in [0.15, 0.2) is 24.3 Å². The number of aromatic nitrogens is 1. The van der Waals surface area contributed by atoms with Crippen molar-refractivity contribution in [2.75, 3.05) is 17.7 Å². The average Bonchev–Trinajstić information content (AvgIpc) is 2.97. The molecular formula is C14H17N3O2S. The summed E-state index contributed by atoms with van der Waals surface area (Å²) < 4.78 is 15.6. The Kier molecular flexibility index (Phi) is 3.40. The molecule has 106 valence electrons. The van der Waals surface area contributed by atoms with Crippen LogP contribution in [0.25, 0.3) is 0 Å². The van der Waals surface area contributed by atoms with Crippen molar-refractivity contribution in [2.45, 2.75) is 26.0 Å². The van der Waals surface area contributed by atoms with Crippen molar-refractivity contribution in [3.05, 3.63) is 29.8 Å². The fourth-order valence-corrected chi connectivity index (χ4v) is 2.88. The molecule has 20 heavy (non-hydrogen) atoms. The van der Waals surface area contributed by atoms with E-state index in [2.05, 4.69) is 15.8 Å². The molecule has 0 saturated carbocycles. The molecule has 3 N–H and O–H groups in total. The first kappa shape index (κ1) is 13.1. The second-order valence-corrected chi connectivity index (χ2v) is 5.71. The number of hydrogen-bond acceptors (Lipinski definition) is 6. The van der Waals surface area contributed by atoms with Crippen molar-refractivity contribution in [2.24, 2.45) is 0 Å². The Morgan fingerprint density at radius 3 is 3.05 bits per heavy atom. The van der Waals surface area contributed by atoms with Crippen LogP contribution in [-0.2, 0) is 0 Å². The van der Waals surface area contributed by atoms with E-state index < -0.39 is 0 Å². The van der Waals surface area contributed by atoms with Crippen molar-refractivity contribution < 1.29 is 9.47 Å². The van der Waals surface area contributed by atoms with Crippen LogP contribution in [0, 0.1) is 0 Å². The zero-order valence-electron chi connectivity index (χ0n) is 11.4. The predicted molar refractivity (Wildman–Crippen MR) is 80.6 cm³/mol. The Balaban J connectivity index is 1.83. The molecule has 1 aliphatic rings. The van der Waals surface area contributed by atoms with Crippen LogP contribution in [-0.4, -0.2) is 17.1 Å². The van der Waals surface area contributed by atoms with Gasteiger partial charge < -0.3 is 20.5 Å². The summed E-state index contributed by atoms with van der Waals surface area (Å²) >= 11 is 1.31. The Morgan fingerprint density at radius 2 is 2.25 bits per heavy atom. The van der Waals surface area contributed by atoms with E-state index in [9.17, 15) is 0 Å². The molecule has 0 bridgehead atoms. The van der Waals surface area contributed by atoms with Gasteiger partial charge in [-0.1, -0.05) is 18.2 Å². The van der Waals surface area contributed by atoms with Gasteiger partial charge in [-0.3, -0.25) is 0 Å². The van der Waals surface area contributed by atoms with E-state index in [4.69, 9.17) is 15.2 Å². The molecule has 1 aliphatic heterocycles. The predicted octanol–water partition coefficient (Wildman–Crippen LogP) is 3.06. The summed E-state index contributed by atoms with van der Waals surface area (Å²) in [5.74, 6) is 1.99. The van der Waals surface area contributed by atoms with E-state index in [1.807, 2.05) is 32.0 Å². The van der Waals surface area contributed by atoms with Crippen LogP contribution in [0.2, 0.25) is 0 Å². The van der Waals surface area contributed by atoms with Crippen molar-refractivity contribution in [1.29, 1.82) is 0 Å². The summed E-state index contributed by atoms with van der Waals surface area (Å²) in [4.78, 5) is 0. The zero-order chi connectivity index (χ0) is 14.1. The van der Waals surface area contributed by atoms with E-state index in [0.29, 0.717) is 18.2 Å². The maximum Gasteiger partial charge on any atom is 0.197 e. The normalized spacial score (nSPS) is 16.9. The number of nitrogens with zero attached hydrogens (tertiary/aromatic N) is 1. The first-order valence-electron chi connectivity index (χ1n) is 6.55. The average molecular weight is 291 g/mol. The molecule has 1 atom stereocenters. The third-order valence-corrected chi connectivity index (χ3v) is 3.81. The summed E-state index contributed by atoms with van der Waals surface area (Å²) in [6.45, 7) is 4.53. The lowest BCUT2D eigenvalue weighted by atomic mass is 10.1. The molecule has 0 aliphatic carbocycles. The minimum atomic E-state index is 0.0568. The molecule has 2 heterocycles. The topological polar surface area (TPSA) is 69.4 Å². The van der Waals surface area contributed by atoms with Gasteiger partial charge >= 0.3 is 0 Å². The largest absolute Gasteiger partial charge is 0.491 e. The standard InChI is InChI=1S/C14H17N3O2S/c1-8(2)19-12-13(15)17-20-14(12)16-10-7-18-11-6-4-3-5-9(10)11/h3-6,8,10,16H,7H2,1-2H3,(H2,15,17). The number of fused-ring (bicyclic) bond motifs is 1. The molecule has 0 spiro atoms. The Hall–Kier alpha value is -1.95. The minimum Gasteiger partial charge on any atom is -0.491 e. The maximum absolute atomic E-state index is 5.86. The number of para-hydroxylation sites is 1. The molecule has 6 heteroatoms. The lowest BCUT2D eigenvalue weighted by Gasteiger charge is -2.15. The van der Waals surface area contributed by atoms with Gasteiger partial charge in [-0.15, -0.1) is 0 Å². The molecule has 1 unspecified atom stereocenters. The van der Waals surface area contributed by atoms with Gasteiger partial charge in [0.2, 0.25) is 0 Å². The molecule has 0 fully saturated rings. The Labute approximate surface area is 121 Å². The maximum atomic E-state index is 5.86. The van der Waals surface area contributed by atoms with Crippen LogP contribution >= 0.6 is 11.5 Å². The zero-order valence-corrected chi connectivity index (χ0v) is 12.2. The van der Waals surface area contributed by atoms with Gasteiger partial charge in [0.15, 0.2) is 16.6 Å². The molecule has 1 aromatic carbocycles.